The van der Waals surface area contributed by atoms with Crippen molar-refractivity contribution in [3.63, 3.8) is 0 Å². The summed E-state index contributed by atoms with van der Waals surface area (Å²) in [4.78, 5) is 0. The third-order valence-corrected chi connectivity index (χ3v) is 10.6. The van der Waals surface area contributed by atoms with Gasteiger partial charge in [0.1, 0.15) is 0 Å². The van der Waals surface area contributed by atoms with Crippen LogP contribution in [0, 0.1) is 0 Å². The molecule has 0 saturated carbocycles. The molecule has 0 aromatic heterocycles. The minimum atomic E-state index is -0.131. The Balaban J connectivity index is 0. The largest absolute Gasteiger partial charge is 0.373 e. The number of hydrogen-bond donors (Lipinski definition) is 0. The summed E-state index contributed by atoms with van der Waals surface area (Å²) >= 11 is 0. The molecule has 3 saturated heterocycles. The van der Waals surface area contributed by atoms with Gasteiger partial charge in [-0.25, -0.2) is 0 Å². The van der Waals surface area contributed by atoms with Gasteiger partial charge in [-0.05, 0) is 28.7 Å². The van der Waals surface area contributed by atoms with Crippen LogP contribution in [0.1, 0.15) is 66.8 Å². The fraction of sp³-hybridized carbons (Fsp3) is 0.415. The van der Waals surface area contributed by atoms with E-state index >= 15 is 0 Å². The van der Waals surface area contributed by atoms with Crippen molar-refractivity contribution in [2.45, 2.75) is 94.6 Å². The van der Waals surface area contributed by atoms with Crippen LogP contribution in [0.5, 0.6) is 0 Å². The van der Waals surface area contributed by atoms with Crippen LogP contribution in [-0.2, 0) is 39.9 Å². The first-order valence-corrected chi connectivity index (χ1v) is 18.9. The van der Waals surface area contributed by atoms with Crippen molar-refractivity contribution in [3.05, 3.63) is 125 Å². The van der Waals surface area contributed by atoms with Gasteiger partial charge >= 0.3 is 0 Å². The summed E-state index contributed by atoms with van der Waals surface area (Å²) in [5.41, 5.74) is 5.76. The molecule has 3 atom stereocenters. The summed E-state index contributed by atoms with van der Waals surface area (Å²) in [6, 6.07) is 39.0. The van der Waals surface area contributed by atoms with Gasteiger partial charge in [-0.2, -0.15) is 0 Å². The van der Waals surface area contributed by atoms with Crippen molar-refractivity contribution < 1.29 is 14.2 Å². The highest BCUT2D eigenvalue weighted by atomic mass is 28.2. The van der Waals surface area contributed by atoms with Crippen LogP contribution in [0.15, 0.2) is 103 Å². The lowest BCUT2D eigenvalue weighted by Crippen LogP contribution is -2.15. The van der Waals surface area contributed by atoms with Gasteiger partial charge in [-0.3, -0.25) is 0 Å². The maximum absolute atomic E-state index is 5.30. The van der Waals surface area contributed by atoms with Gasteiger partial charge in [0, 0.05) is 39.7 Å². The third kappa shape index (κ3) is 19.1. The number of aryl methyl sites for hydroxylation is 1. The summed E-state index contributed by atoms with van der Waals surface area (Å²) in [6.45, 7) is 2.88. The maximum Gasteiger partial charge on any atom is 0.0850 e. The minimum absolute atomic E-state index is 0. The molecular formula is C41H68O3Si3. The van der Waals surface area contributed by atoms with Crippen molar-refractivity contribution >= 4 is 45.6 Å². The predicted octanol–water partition coefficient (Wildman–Crippen LogP) is 5.14. The van der Waals surface area contributed by atoms with Gasteiger partial charge in [0.25, 0.3) is 0 Å². The molecule has 4 aromatic rings. The predicted molar refractivity (Wildman–Crippen MR) is 222 cm³/mol. The zero-order chi connectivity index (χ0) is 28.3. The van der Waals surface area contributed by atoms with Crippen LogP contribution in [0.4, 0.5) is 0 Å². The van der Waals surface area contributed by atoms with Gasteiger partial charge in [-0.15, -0.1) is 0 Å². The minimum Gasteiger partial charge on any atom is -0.373 e. The molecule has 0 bridgehead atoms. The quantitative estimate of drug-likeness (QED) is 0.171. The molecule has 4 aromatic carbocycles. The fourth-order valence-corrected chi connectivity index (χ4v) is 7.56. The molecule has 0 N–H and O–H groups in total. The number of ether oxygens (including phenoxy) is 3. The Kier molecular flexibility index (Phi) is 24.3. The first kappa shape index (κ1) is 46.5. The van der Waals surface area contributed by atoms with E-state index in [9.17, 15) is 0 Å². The second-order valence-corrected chi connectivity index (χ2v) is 15.9. The molecular weight excluding hydrogens is 625 g/mol. The summed E-state index contributed by atoms with van der Waals surface area (Å²) in [5.74, 6) is 0. The molecule has 3 aliphatic heterocycles. The molecule has 3 fully saturated rings. The Hall–Kier alpha value is -2.59. The van der Waals surface area contributed by atoms with E-state index in [0.29, 0.717) is 18.3 Å². The van der Waals surface area contributed by atoms with Gasteiger partial charge in [0.2, 0.25) is 0 Å². The van der Waals surface area contributed by atoms with E-state index in [0.717, 1.165) is 59.6 Å². The first-order valence-electron chi connectivity index (χ1n) is 15.2. The Labute approximate surface area is 298 Å². The molecule has 0 amide bonds. The van der Waals surface area contributed by atoms with E-state index in [1.54, 1.807) is 5.19 Å². The summed E-state index contributed by atoms with van der Waals surface area (Å²) in [6.07, 6.45) is 6.08. The second-order valence-electron chi connectivity index (χ2n) is 11.6. The number of benzene rings is 4. The monoisotopic (exact) mass is 692 g/mol. The third-order valence-electron chi connectivity index (χ3n) is 7.57. The van der Waals surface area contributed by atoms with Gasteiger partial charge < -0.3 is 14.2 Å². The summed E-state index contributed by atoms with van der Waals surface area (Å²) in [5, 5.41) is 4.53. The highest BCUT2D eigenvalue weighted by Crippen LogP contribution is 2.16. The van der Waals surface area contributed by atoms with Crippen molar-refractivity contribution in [2.24, 2.45) is 0 Å². The molecule has 6 heteroatoms. The van der Waals surface area contributed by atoms with E-state index in [1.807, 2.05) is 0 Å². The van der Waals surface area contributed by atoms with Crippen LogP contribution in [0.2, 0.25) is 6.04 Å². The Morgan fingerprint density at radius 2 is 0.957 bits per heavy atom. The molecule has 3 aliphatic rings. The molecule has 0 radical (unpaired) electrons. The van der Waals surface area contributed by atoms with Crippen LogP contribution >= 0.6 is 0 Å². The molecule has 3 unspecified atom stereocenters. The molecule has 3 heterocycles. The lowest BCUT2D eigenvalue weighted by atomic mass is 10.1. The highest BCUT2D eigenvalue weighted by molar-refractivity contribution is 6.53. The number of epoxide rings is 3. The van der Waals surface area contributed by atoms with Crippen LogP contribution < -0.4 is 15.6 Å². The maximum atomic E-state index is 5.30. The zero-order valence-corrected chi connectivity index (χ0v) is 30.0. The van der Waals surface area contributed by atoms with Crippen molar-refractivity contribution in [2.75, 3.05) is 19.8 Å². The lowest BCUT2D eigenvalue weighted by molar-refractivity contribution is 0.407. The van der Waals surface area contributed by atoms with E-state index in [1.165, 1.54) is 45.1 Å². The Bertz CT molecular complexity index is 1340. The van der Waals surface area contributed by atoms with E-state index in [4.69, 9.17) is 14.2 Å². The molecule has 0 spiro atoms. The van der Waals surface area contributed by atoms with E-state index in [2.05, 4.69) is 103 Å². The van der Waals surface area contributed by atoms with Crippen LogP contribution in [-0.4, -0.2) is 68.1 Å². The normalized spacial score (nSPS) is 17.6. The van der Waals surface area contributed by atoms with Gasteiger partial charge in [0.15, 0.2) is 0 Å². The van der Waals surface area contributed by atoms with Crippen LogP contribution in [0.3, 0.4) is 0 Å². The highest BCUT2D eigenvalue weighted by Gasteiger charge is 2.23. The number of hydrogen-bond acceptors (Lipinski definition) is 3. The van der Waals surface area contributed by atoms with Crippen molar-refractivity contribution in [1.82, 2.24) is 0 Å². The Morgan fingerprint density at radius 1 is 0.489 bits per heavy atom. The Morgan fingerprint density at radius 3 is 1.47 bits per heavy atom. The molecule has 47 heavy (non-hydrogen) atoms. The van der Waals surface area contributed by atoms with Crippen molar-refractivity contribution in [3.8, 4) is 0 Å². The fourth-order valence-electron chi connectivity index (χ4n) is 4.96. The average Bonchev–Trinajstić information content (AvgIpc) is 3.82. The smallest absolute Gasteiger partial charge is 0.0850 e. The molecule has 7 rings (SSSR count). The summed E-state index contributed by atoms with van der Waals surface area (Å²) < 4.78 is 15.6. The van der Waals surface area contributed by atoms with E-state index < -0.39 is 0 Å². The molecule has 0 aliphatic carbocycles. The van der Waals surface area contributed by atoms with Crippen LogP contribution in [0.25, 0.3) is 0 Å². The van der Waals surface area contributed by atoms with E-state index in [-0.39, 0.29) is 54.1 Å². The number of rotatable bonds is 10. The van der Waals surface area contributed by atoms with Gasteiger partial charge in [-0.1, -0.05) is 169 Å². The summed E-state index contributed by atoms with van der Waals surface area (Å²) in [7, 11) is 2.18. The zero-order valence-electron chi connectivity index (χ0n) is 24.6. The van der Waals surface area contributed by atoms with Gasteiger partial charge in [0.05, 0.1) is 47.7 Å². The van der Waals surface area contributed by atoms with Crippen molar-refractivity contribution in [1.29, 1.82) is 0 Å². The SMILES string of the molecule is C.C.C.C.C.C.[SiH3]c1ccc(CC2CO2)cc1.[SiH3]c1cccc(CC2CO2)c1.c1ccc(CC[SiH2]c2cccc(CC3CO3)c2)cc1. The molecule has 3 nitrogen and oxygen atoms in total. The molecule has 262 valence electrons. The second kappa shape index (κ2) is 24.5. The first-order chi connectivity index (χ1) is 20.1. The average molecular weight is 693 g/mol. The standard InChI is InChI=1S/C17H20OSi.2C9H12OSi.6CH4/c1-2-5-14(6-3-1)9-10-19-17-8-4-7-15(12-17)11-16-13-18-16;11-9-3-1-7(2-4-9)5-8-6-10-8;11-9-3-1-2-7(5-9)4-8-6-10-8;;;;;;/h1-8,12,16H,9-11,13,19H2;1-4,8H,5-6H2,11H3;1-3,5,8H,4,6H2,11H3;6*1H4. The lowest BCUT2D eigenvalue weighted by Gasteiger charge is -2.04. The topological polar surface area (TPSA) is 37.6 Å².